The monoisotopic (exact) mass is 284 g/mol. The van der Waals surface area contributed by atoms with Crippen molar-refractivity contribution in [1.82, 2.24) is 0 Å². The van der Waals surface area contributed by atoms with Crippen molar-refractivity contribution in [3.8, 4) is 5.75 Å². The van der Waals surface area contributed by atoms with Crippen molar-refractivity contribution >= 4 is 5.78 Å². The average molecular weight is 284 g/mol. The van der Waals surface area contributed by atoms with Crippen molar-refractivity contribution in [3.05, 3.63) is 29.3 Å². The Morgan fingerprint density at radius 2 is 2.05 bits per heavy atom. The van der Waals surface area contributed by atoms with Gasteiger partial charge in [0, 0.05) is 11.8 Å². The third-order valence-corrected chi connectivity index (χ3v) is 6.64. The van der Waals surface area contributed by atoms with E-state index in [0.717, 1.165) is 37.4 Å². The van der Waals surface area contributed by atoms with Crippen LogP contribution in [0.15, 0.2) is 18.2 Å². The predicted octanol–water partition coefficient (Wildman–Crippen LogP) is 4.12. The molecule has 1 aromatic carbocycles. The van der Waals surface area contributed by atoms with Crippen LogP contribution in [0, 0.1) is 17.3 Å². The predicted molar refractivity (Wildman–Crippen MR) is 82.6 cm³/mol. The number of rotatable bonds is 1. The SMILES string of the molecule is COc1ccc2c(c1)CC[C@H]1C3CCC(=O)[C@@]3(C)CC[C@H]21. The van der Waals surface area contributed by atoms with E-state index in [4.69, 9.17) is 4.74 Å². The number of methoxy groups -OCH3 is 1. The number of ketones is 1. The van der Waals surface area contributed by atoms with Gasteiger partial charge in [0.15, 0.2) is 0 Å². The van der Waals surface area contributed by atoms with E-state index in [1.54, 1.807) is 7.11 Å². The number of carbonyl (C=O) groups excluding carboxylic acids is 1. The third kappa shape index (κ3) is 1.81. The second-order valence-electron chi connectivity index (χ2n) is 7.40. The first-order valence-corrected chi connectivity index (χ1v) is 8.33. The van der Waals surface area contributed by atoms with Gasteiger partial charge in [-0.2, -0.15) is 0 Å². The molecule has 2 fully saturated rings. The fraction of sp³-hybridized carbons (Fsp3) is 0.632. The van der Waals surface area contributed by atoms with Crippen LogP contribution in [0.2, 0.25) is 0 Å². The van der Waals surface area contributed by atoms with Crippen LogP contribution >= 0.6 is 0 Å². The fourth-order valence-electron chi connectivity index (χ4n) is 5.46. The van der Waals surface area contributed by atoms with Crippen LogP contribution in [-0.4, -0.2) is 12.9 Å². The highest BCUT2D eigenvalue weighted by Gasteiger charge is 2.54. The maximum atomic E-state index is 12.3. The zero-order valence-corrected chi connectivity index (χ0v) is 13.0. The Bertz CT molecular complexity index is 591. The third-order valence-electron chi connectivity index (χ3n) is 6.64. The molecule has 0 amide bonds. The van der Waals surface area contributed by atoms with Gasteiger partial charge in [-0.3, -0.25) is 4.79 Å². The quantitative estimate of drug-likeness (QED) is 0.775. The first-order chi connectivity index (χ1) is 10.1. The minimum absolute atomic E-state index is 0.00879. The lowest BCUT2D eigenvalue weighted by Gasteiger charge is -2.48. The number of hydrogen-bond acceptors (Lipinski definition) is 2. The van der Waals surface area contributed by atoms with Gasteiger partial charge in [0.25, 0.3) is 0 Å². The van der Waals surface area contributed by atoms with E-state index in [-0.39, 0.29) is 5.41 Å². The van der Waals surface area contributed by atoms with Gasteiger partial charge in [0.1, 0.15) is 11.5 Å². The molecule has 0 saturated heterocycles. The van der Waals surface area contributed by atoms with E-state index in [1.807, 2.05) is 0 Å². The van der Waals surface area contributed by atoms with Gasteiger partial charge >= 0.3 is 0 Å². The van der Waals surface area contributed by atoms with E-state index in [1.165, 1.54) is 24.0 Å². The van der Waals surface area contributed by atoms with Crippen molar-refractivity contribution in [2.75, 3.05) is 7.11 Å². The standard InChI is InChI=1S/C19H24O2/c1-19-10-9-15-14-6-4-13(21-2)11-12(14)3-5-16(15)17(19)7-8-18(19)20/h4,6,11,15-17H,3,5,7-10H2,1-2H3/t15-,16-,17?,19+/m1/s1. The van der Waals surface area contributed by atoms with E-state index in [2.05, 4.69) is 25.1 Å². The first kappa shape index (κ1) is 13.4. The van der Waals surface area contributed by atoms with Crippen LogP contribution in [-0.2, 0) is 11.2 Å². The Balaban J connectivity index is 1.70. The molecule has 21 heavy (non-hydrogen) atoms. The molecule has 0 bridgehead atoms. The van der Waals surface area contributed by atoms with Crippen molar-refractivity contribution in [1.29, 1.82) is 0 Å². The maximum absolute atomic E-state index is 12.3. The number of Topliss-reactive ketones (excluding diaryl/α,β-unsaturated/α-hetero) is 1. The molecular formula is C19H24O2. The van der Waals surface area contributed by atoms with Crippen LogP contribution in [0.25, 0.3) is 0 Å². The lowest BCUT2D eigenvalue weighted by Crippen LogP contribution is -2.42. The lowest BCUT2D eigenvalue weighted by molar-refractivity contribution is -0.129. The molecule has 3 aliphatic carbocycles. The van der Waals surface area contributed by atoms with Crippen LogP contribution in [0.1, 0.15) is 56.1 Å². The largest absolute Gasteiger partial charge is 0.497 e. The zero-order valence-electron chi connectivity index (χ0n) is 13.0. The lowest BCUT2D eigenvalue weighted by atomic mass is 9.55. The van der Waals surface area contributed by atoms with Gasteiger partial charge in [-0.15, -0.1) is 0 Å². The number of aryl methyl sites for hydroxylation is 1. The molecule has 2 heteroatoms. The normalized spacial score (nSPS) is 37.6. The molecular weight excluding hydrogens is 260 g/mol. The topological polar surface area (TPSA) is 26.3 Å². The van der Waals surface area contributed by atoms with Crippen molar-refractivity contribution in [2.45, 2.75) is 51.4 Å². The molecule has 0 aliphatic heterocycles. The summed E-state index contributed by atoms with van der Waals surface area (Å²) in [6.07, 6.45) is 6.61. The van der Waals surface area contributed by atoms with E-state index < -0.39 is 0 Å². The van der Waals surface area contributed by atoms with Gasteiger partial charge in [-0.05, 0) is 73.1 Å². The fourth-order valence-corrected chi connectivity index (χ4v) is 5.46. The number of carbonyl (C=O) groups is 1. The van der Waals surface area contributed by atoms with Gasteiger partial charge < -0.3 is 4.74 Å². The summed E-state index contributed by atoms with van der Waals surface area (Å²) in [4.78, 5) is 12.3. The number of fused-ring (bicyclic) bond motifs is 5. The molecule has 0 heterocycles. The minimum Gasteiger partial charge on any atom is -0.497 e. The molecule has 0 radical (unpaired) electrons. The molecule has 4 atom stereocenters. The maximum Gasteiger partial charge on any atom is 0.139 e. The molecule has 2 saturated carbocycles. The Hall–Kier alpha value is -1.31. The van der Waals surface area contributed by atoms with Crippen molar-refractivity contribution in [2.24, 2.45) is 17.3 Å². The highest BCUT2D eigenvalue weighted by atomic mass is 16.5. The summed E-state index contributed by atoms with van der Waals surface area (Å²) in [6.45, 7) is 2.24. The van der Waals surface area contributed by atoms with Crippen LogP contribution in [0.5, 0.6) is 5.75 Å². The van der Waals surface area contributed by atoms with E-state index in [9.17, 15) is 4.79 Å². The Morgan fingerprint density at radius 3 is 2.86 bits per heavy atom. The smallest absolute Gasteiger partial charge is 0.139 e. The van der Waals surface area contributed by atoms with Crippen molar-refractivity contribution in [3.63, 3.8) is 0 Å². The van der Waals surface area contributed by atoms with Gasteiger partial charge in [-0.1, -0.05) is 13.0 Å². The number of hydrogen-bond donors (Lipinski definition) is 0. The Morgan fingerprint density at radius 1 is 1.19 bits per heavy atom. The van der Waals surface area contributed by atoms with E-state index >= 15 is 0 Å². The summed E-state index contributed by atoms with van der Waals surface area (Å²) in [5.41, 5.74) is 3.00. The van der Waals surface area contributed by atoms with Crippen LogP contribution < -0.4 is 4.74 Å². The molecule has 2 nitrogen and oxygen atoms in total. The van der Waals surface area contributed by atoms with Crippen LogP contribution in [0.3, 0.4) is 0 Å². The summed E-state index contributed by atoms with van der Waals surface area (Å²) in [5, 5.41) is 0. The minimum atomic E-state index is -0.00879. The molecule has 0 aromatic heterocycles. The number of benzene rings is 1. The Labute approximate surface area is 126 Å². The van der Waals surface area contributed by atoms with Gasteiger partial charge in [0.2, 0.25) is 0 Å². The molecule has 3 aliphatic rings. The zero-order chi connectivity index (χ0) is 14.6. The second-order valence-corrected chi connectivity index (χ2v) is 7.40. The average Bonchev–Trinajstić information content (AvgIpc) is 2.82. The van der Waals surface area contributed by atoms with Crippen molar-refractivity contribution < 1.29 is 9.53 Å². The number of ether oxygens (including phenoxy) is 1. The molecule has 1 aromatic rings. The Kier molecular flexibility index (Phi) is 2.92. The summed E-state index contributed by atoms with van der Waals surface area (Å²) in [6, 6.07) is 6.61. The van der Waals surface area contributed by atoms with Gasteiger partial charge in [-0.25, -0.2) is 0 Å². The second kappa shape index (κ2) is 4.59. The summed E-state index contributed by atoms with van der Waals surface area (Å²) in [5.74, 6) is 3.52. The summed E-state index contributed by atoms with van der Waals surface area (Å²) >= 11 is 0. The summed E-state index contributed by atoms with van der Waals surface area (Å²) < 4.78 is 5.37. The van der Waals surface area contributed by atoms with E-state index in [0.29, 0.717) is 17.6 Å². The van der Waals surface area contributed by atoms with Gasteiger partial charge in [0.05, 0.1) is 7.11 Å². The summed E-state index contributed by atoms with van der Waals surface area (Å²) in [7, 11) is 1.74. The first-order valence-electron chi connectivity index (χ1n) is 8.33. The molecule has 112 valence electrons. The highest BCUT2D eigenvalue weighted by molar-refractivity contribution is 5.87. The molecule has 4 rings (SSSR count). The highest BCUT2D eigenvalue weighted by Crippen LogP contribution is 2.59. The van der Waals surface area contributed by atoms with Crippen LogP contribution in [0.4, 0.5) is 0 Å². The molecule has 0 spiro atoms. The molecule has 0 N–H and O–H groups in total. The molecule has 1 unspecified atom stereocenters.